The van der Waals surface area contributed by atoms with E-state index >= 15 is 0 Å². The van der Waals surface area contributed by atoms with Crippen molar-refractivity contribution >= 4 is 46.8 Å². The molecular formula is C31H58F3NO9SSi3. The lowest BCUT2D eigenvalue weighted by molar-refractivity contribution is -0.146. The van der Waals surface area contributed by atoms with Crippen LogP contribution in [0.4, 0.5) is 13.2 Å². The van der Waals surface area contributed by atoms with E-state index in [2.05, 4.69) is 57.0 Å². The molecule has 10 nitrogen and oxygen atoms in total. The van der Waals surface area contributed by atoms with Crippen LogP contribution < -0.4 is 4.74 Å². The van der Waals surface area contributed by atoms with Gasteiger partial charge in [-0.05, 0) is 89.5 Å². The SMILES string of the molecule is CCC(CC)(CO[Si](C)(C)C)CO[Si](C)(C)C.COC(=O)[C@H]1CC(=O)CN1Cc1ccc(OC)cc1.C[Si](C)(C)OS(=O)(=O)C(F)(F)F. The van der Waals surface area contributed by atoms with Gasteiger partial charge in [-0.2, -0.15) is 21.6 Å². The maximum Gasteiger partial charge on any atom is 0.522 e. The first-order valence-corrected chi connectivity index (χ1v) is 27.5. The maximum atomic E-state index is 11.7. The molecule has 0 saturated carbocycles. The number of benzene rings is 1. The number of esters is 1. The van der Waals surface area contributed by atoms with Crippen LogP contribution in [0.25, 0.3) is 0 Å². The summed E-state index contributed by atoms with van der Waals surface area (Å²) in [7, 11) is -7.98. The molecule has 0 bridgehead atoms. The third-order valence-corrected chi connectivity index (χ3v) is 12.5. The number of ether oxygens (including phenoxy) is 2. The molecule has 1 atom stereocenters. The number of carbonyl (C=O) groups excluding carboxylic acids is 2. The Morgan fingerprint density at radius 1 is 0.854 bits per heavy atom. The number of methoxy groups -OCH3 is 2. The van der Waals surface area contributed by atoms with Crippen molar-refractivity contribution in [3.05, 3.63) is 29.8 Å². The second kappa shape index (κ2) is 19.1. The lowest BCUT2D eigenvalue weighted by atomic mass is 9.84. The van der Waals surface area contributed by atoms with Gasteiger partial charge in [0.15, 0.2) is 16.6 Å². The number of likely N-dealkylation sites (tertiary alicyclic amines) is 1. The summed E-state index contributed by atoms with van der Waals surface area (Å²) in [5, 5.41) is 0. The normalized spacial score (nSPS) is 16.4. The van der Waals surface area contributed by atoms with Gasteiger partial charge in [-0.3, -0.25) is 14.5 Å². The molecule has 0 spiro atoms. The van der Waals surface area contributed by atoms with Crippen molar-refractivity contribution < 1.29 is 53.4 Å². The molecule has 280 valence electrons. The van der Waals surface area contributed by atoms with Crippen LogP contribution >= 0.6 is 0 Å². The summed E-state index contributed by atoms with van der Waals surface area (Å²) in [6.45, 7) is 24.7. The van der Waals surface area contributed by atoms with E-state index in [9.17, 15) is 31.2 Å². The Labute approximate surface area is 289 Å². The number of alkyl halides is 3. The molecule has 0 unspecified atom stereocenters. The van der Waals surface area contributed by atoms with Crippen molar-refractivity contribution in [3.63, 3.8) is 0 Å². The Bertz CT molecular complexity index is 1220. The number of hydrogen-bond acceptors (Lipinski definition) is 10. The standard InChI is InChI=1S/C14H17NO4.C13H32O2Si2.C4H9F3O3SSi/c1-18-12-5-3-10(4-6-12)8-15-9-11(16)7-13(15)14(17)19-2;1-9-13(10-2,11-14-16(3,4)5)12-15-17(6,7)8;1-12(2,3)10-11(8,9)4(5,6)7/h3-6,13H,7-9H2,1-2H3;9-12H2,1-8H3;1-3H3/t13-;;/m1../s1. The van der Waals surface area contributed by atoms with Gasteiger partial charge < -0.3 is 22.2 Å². The number of halogens is 3. The summed E-state index contributed by atoms with van der Waals surface area (Å²) in [4.78, 5) is 25.0. The Kier molecular flexibility index (Phi) is 18.5. The maximum absolute atomic E-state index is 11.7. The Balaban J connectivity index is 0.000000710. The molecule has 48 heavy (non-hydrogen) atoms. The Morgan fingerprint density at radius 2 is 1.31 bits per heavy atom. The highest BCUT2D eigenvalue weighted by atomic mass is 32.2. The topological polar surface area (TPSA) is 118 Å². The molecule has 0 radical (unpaired) electrons. The zero-order valence-electron chi connectivity index (χ0n) is 31.0. The molecule has 17 heteroatoms. The average molecular weight is 762 g/mol. The lowest BCUT2D eigenvalue weighted by Crippen LogP contribution is -2.40. The molecule has 0 aromatic heterocycles. The van der Waals surface area contributed by atoms with E-state index in [0.29, 0.717) is 13.1 Å². The number of Topliss-reactive ketones (excluding diaryl/α,β-unsaturated/α-hetero) is 1. The number of carbonyl (C=O) groups is 2. The van der Waals surface area contributed by atoms with Gasteiger partial charge >= 0.3 is 21.6 Å². The fourth-order valence-electron chi connectivity index (χ4n) is 4.06. The van der Waals surface area contributed by atoms with Gasteiger partial charge in [0, 0.05) is 31.6 Å². The van der Waals surface area contributed by atoms with Crippen molar-refractivity contribution in [2.75, 3.05) is 34.0 Å². The van der Waals surface area contributed by atoms with Gasteiger partial charge in [-0.1, -0.05) is 26.0 Å². The van der Waals surface area contributed by atoms with E-state index in [4.69, 9.17) is 18.3 Å². The van der Waals surface area contributed by atoms with Crippen molar-refractivity contribution in [2.45, 2.75) is 110 Å². The van der Waals surface area contributed by atoms with Gasteiger partial charge in [0.2, 0.25) is 8.32 Å². The van der Waals surface area contributed by atoms with Gasteiger partial charge in [0.25, 0.3) is 0 Å². The van der Waals surface area contributed by atoms with Crippen LogP contribution in [0.15, 0.2) is 24.3 Å². The quantitative estimate of drug-likeness (QED) is 0.110. The average Bonchev–Trinajstić information content (AvgIpc) is 3.31. The van der Waals surface area contributed by atoms with E-state index in [1.54, 1.807) is 7.11 Å². The second-order valence-corrected chi connectivity index (χ2v) is 29.9. The van der Waals surface area contributed by atoms with Crippen molar-refractivity contribution in [1.82, 2.24) is 4.90 Å². The summed E-state index contributed by atoms with van der Waals surface area (Å²) in [5.74, 6) is 0.508. The number of rotatable bonds is 14. The number of nitrogens with zero attached hydrogens (tertiary/aromatic N) is 1. The molecule has 1 heterocycles. The monoisotopic (exact) mass is 761 g/mol. The molecule has 2 rings (SSSR count). The summed E-state index contributed by atoms with van der Waals surface area (Å²) in [5.41, 5.74) is -4.06. The van der Waals surface area contributed by atoms with Crippen LogP contribution in [0.3, 0.4) is 0 Å². The van der Waals surface area contributed by atoms with Crippen LogP contribution in [0.5, 0.6) is 5.75 Å². The predicted octanol–water partition coefficient (Wildman–Crippen LogP) is 7.19. The highest BCUT2D eigenvalue weighted by molar-refractivity contribution is 7.88. The van der Waals surface area contributed by atoms with E-state index in [1.807, 2.05) is 29.2 Å². The van der Waals surface area contributed by atoms with Crippen LogP contribution in [0, 0.1) is 5.41 Å². The van der Waals surface area contributed by atoms with Crippen LogP contribution in [-0.2, 0) is 43.7 Å². The highest BCUT2D eigenvalue weighted by Crippen LogP contribution is 2.30. The zero-order valence-corrected chi connectivity index (χ0v) is 34.8. The molecule has 1 aromatic rings. The fourth-order valence-corrected chi connectivity index (χ4v) is 8.55. The molecule has 0 amide bonds. The minimum absolute atomic E-state index is 0.0731. The van der Waals surface area contributed by atoms with E-state index < -0.39 is 46.6 Å². The predicted molar refractivity (Wildman–Crippen MR) is 190 cm³/mol. The molecule has 1 aliphatic rings. The van der Waals surface area contributed by atoms with Gasteiger partial charge in [-0.25, -0.2) is 0 Å². The minimum Gasteiger partial charge on any atom is -0.497 e. The van der Waals surface area contributed by atoms with E-state index in [0.717, 1.165) is 37.4 Å². The summed E-state index contributed by atoms with van der Waals surface area (Å²) < 4.78 is 81.8. The van der Waals surface area contributed by atoms with Crippen molar-refractivity contribution in [2.24, 2.45) is 5.41 Å². The van der Waals surface area contributed by atoms with Gasteiger partial charge in [0.05, 0.1) is 20.8 Å². The molecule has 1 aromatic carbocycles. The first-order valence-electron chi connectivity index (χ1n) is 15.9. The number of ketones is 1. The van der Waals surface area contributed by atoms with Crippen LogP contribution in [0.2, 0.25) is 58.9 Å². The van der Waals surface area contributed by atoms with Crippen molar-refractivity contribution in [3.8, 4) is 5.75 Å². The van der Waals surface area contributed by atoms with E-state index in [-0.39, 0.29) is 23.6 Å². The molecule has 0 N–H and O–H groups in total. The first-order chi connectivity index (χ1) is 21.6. The largest absolute Gasteiger partial charge is 0.522 e. The zero-order chi connectivity index (χ0) is 37.8. The molecule has 1 aliphatic heterocycles. The van der Waals surface area contributed by atoms with Crippen LogP contribution in [-0.4, -0.2) is 95.6 Å². The minimum atomic E-state index is -5.39. The van der Waals surface area contributed by atoms with E-state index in [1.165, 1.54) is 26.8 Å². The van der Waals surface area contributed by atoms with Crippen molar-refractivity contribution in [1.29, 1.82) is 0 Å². The highest BCUT2D eigenvalue weighted by Gasteiger charge is 2.49. The summed E-state index contributed by atoms with van der Waals surface area (Å²) >= 11 is 0. The fraction of sp³-hybridized carbons (Fsp3) is 0.742. The molecule has 1 saturated heterocycles. The Hall–Kier alpha value is -1.61. The number of hydrogen-bond donors (Lipinski definition) is 0. The third kappa shape index (κ3) is 18.4. The molecule has 1 fully saturated rings. The molecular weight excluding hydrogens is 704 g/mol. The summed E-state index contributed by atoms with van der Waals surface area (Å²) in [6, 6.07) is 7.12. The van der Waals surface area contributed by atoms with Gasteiger partial charge in [0.1, 0.15) is 17.6 Å². The Morgan fingerprint density at radius 3 is 1.62 bits per heavy atom. The summed E-state index contributed by atoms with van der Waals surface area (Å²) in [6.07, 6.45) is 2.51. The third-order valence-electron chi connectivity index (χ3n) is 7.03. The second-order valence-electron chi connectivity index (χ2n) is 14.6. The van der Waals surface area contributed by atoms with Crippen LogP contribution in [0.1, 0.15) is 38.7 Å². The lowest BCUT2D eigenvalue weighted by Gasteiger charge is -2.36. The van der Waals surface area contributed by atoms with Gasteiger partial charge in [-0.15, -0.1) is 0 Å². The molecule has 0 aliphatic carbocycles. The smallest absolute Gasteiger partial charge is 0.497 e. The first kappa shape index (κ1) is 46.4.